The smallest absolute Gasteiger partial charge is 0.142 e. The molecule has 0 fully saturated rings. The van der Waals surface area contributed by atoms with Crippen molar-refractivity contribution in [3.05, 3.63) is 12.7 Å². The van der Waals surface area contributed by atoms with Crippen molar-refractivity contribution in [2.75, 3.05) is 0 Å². The van der Waals surface area contributed by atoms with Crippen molar-refractivity contribution in [3.63, 3.8) is 0 Å². The van der Waals surface area contributed by atoms with Gasteiger partial charge in [-0.1, -0.05) is 6.58 Å². The largest absolute Gasteiger partial charge is 0.307 e. The van der Waals surface area contributed by atoms with Crippen LogP contribution in [0.15, 0.2) is 12.7 Å². The Morgan fingerprint density at radius 2 is 1.23 bits per heavy atom. The van der Waals surface area contributed by atoms with Gasteiger partial charge < -0.3 is 14.4 Å². The highest BCUT2D eigenvalue weighted by molar-refractivity contribution is 5.63. The van der Waals surface area contributed by atoms with Crippen LogP contribution in [0.3, 0.4) is 0 Å². The Morgan fingerprint density at radius 1 is 0.923 bits per heavy atom. The molecule has 0 aromatic carbocycles. The molecule has 0 N–H and O–H groups in total. The minimum atomic E-state index is 0.513. The summed E-state index contributed by atoms with van der Waals surface area (Å²) in [7, 11) is 0. The van der Waals surface area contributed by atoms with Crippen molar-refractivity contribution >= 4 is 25.6 Å². The molecule has 0 aliphatic rings. The fourth-order valence-electron chi connectivity index (χ4n) is 0.285. The van der Waals surface area contributed by atoms with E-state index in [2.05, 4.69) is 6.58 Å². The molecule has 0 rings (SSSR count). The van der Waals surface area contributed by atoms with Gasteiger partial charge in [-0.2, -0.15) is 0 Å². The minimum Gasteiger partial charge on any atom is -0.307 e. The van der Waals surface area contributed by atoms with Crippen molar-refractivity contribution in [2.24, 2.45) is 0 Å². The van der Waals surface area contributed by atoms with E-state index in [0.29, 0.717) is 25.5 Å². The summed E-state index contributed by atoms with van der Waals surface area (Å²) in [6, 6.07) is 0. The molecule has 0 unspecified atom stereocenters. The molecule has 4 heteroatoms. The maximum Gasteiger partial charge on any atom is 0.142 e. The van der Waals surface area contributed by atoms with Crippen LogP contribution in [0.2, 0.25) is 0 Å². The molecule has 0 radical (unpaired) electrons. The van der Waals surface area contributed by atoms with E-state index in [0.717, 1.165) is 12.6 Å². The van der Waals surface area contributed by atoms with Crippen molar-refractivity contribution in [1.29, 1.82) is 0 Å². The lowest BCUT2D eigenvalue weighted by Crippen LogP contribution is -1.76. The van der Waals surface area contributed by atoms with E-state index >= 15 is 0 Å². The third-order valence-electron chi connectivity index (χ3n) is 0.740. The lowest BCUT2D eigenvalue weighted by molar-refractivity contribution is -0.109. The minimum absolute atomic E-state index is 0.513. The Morgan fingerprint density at radius 3 is 1.38 bits per heavy atom. The number of carbonyl (C=O) groups is 4. The summed E-state index contributed by atoms with van der Waals surface area (Å²) in [5.41, 5.74) is 0. The number of rotatable bonds is 5. The fourth-order valence-corrected chi connectivity index (χ4v) is 0.285. The zero-order chi connectivity index (χ0) is 10.9. The van der Waals surface area contributed by atoms with Gasteiger partial charge in [0.2, 0.25) is 0 Å². The van der Waals surface area contributed by atoms with Crippen molar-refractivity contribution in [3.8, 4) is 0 Å². The second-order valence-electron chi connectivity index (χ2n) is 1.64. The molecule has 0 saturated heterocycles. The predicted molar refractivity (Wildman–Crippen MR) is 49.4 cm³/mol. The maximum absolute atomic E-state index is 9.56. The van der Waals surface area contributed by atoms with Gasteiger partial charge in [0.05, 0.1) is 0 Å². The van der Waals surface area contributed by atoms with Crippen LogP contribution in [0, 0.1) is 0 Å². The monoisotopic (exact) mass is 186 g/mol. The van der Waals surface area contributed by atoms with Gasteiger partial charge in [0.15, 0.2) is 0 Å². The average molecular weight is 186 g/mol. The van der Waals surface area contributed by atoms with Crippen molar-refractivity contribution in [2.45, 2.75) is 19.3 Å². The zero-order valence-corrected chi connectivity index (χ0v) is 7.48. The lowest BCUT2D eigenvalue weighted by atomic mass is 10.3. The lowest BCUT2D eigenvalue weighted by Gasteiger charge is -1.78. The molecule has 0 aromatic heterocycles. The van der Waals surface area contributed by atoms with Gasteiger partial charge in [-0.15, -0.1) is 0 Å². The van der Waals surface area contributed by atoms with E-state index in [4.69, 9.17) is 9.59 Å². The van der Waals surface area contributed by atoms with Crippen molar-refractivity contribution < 1.29 is 19.2 Å². The first-order valence-corrected chi connectivity index (χ1v) is 3.55. The molecule has 0 aliphatic heterocycles. The molecule has 0 saturated carbocycles. The van der Waals surface area contributed by atoms with E-state index in [-0.39, 0.29) is 0 Å². The summed E-state index contributed by atoms with van der Waals surface area (Å²) in [5, 5.41) is 0. The molecule has 0 atom stereocenters. The van der Waals surface area contributed by atoms with Crippen LogP contribution in [0.4, 0.5) is 0 Å². The zero-order valence-electron chi connectivity index (χ0n) is 7.48. The third kappa shape index (κ3) is 63.2. The SMILES string of the molecule is C=CC=O.C=O.O=CCCCC=O. The first kappa shape index (κ1) is 17.5. The highest BCUT2D eigenvalue weighted by Gasteiger charge is 1.80. The average Bonchev–Trinajstić information content (AvgIpc) is 2.22. The summed E-state index contributed by atoms with van der Waals surface area (Å²) in [6.07, 6.45) is 5.21. The summed E-state index contributed by atoms with van der Waals surface area (Å²) in [6.45, 7) is 5.11. The number of allylic oxidation sites excluding steroid dienone is 1. The van der Waals surface area contributed by atoms with Crippen LogP contribution in [0.1, 0.15) is 19.3 Å². The summed E-state index contributed by atoms with van der Waals surface area (Å²) in [4.78, 5) is 36.2. The summed E-state index contributed by atoms with van der Waals surface area (Å²) >= 11 is 0. The number of hydrogen-bond donors (Lipinski definition) is 0. The molecule has 13 heavy (non-hydrogen) atoms. The molecule has 0 spiro atoms. The standard InChI is InChI=1S/C5H8O2.C3H4O.CH2O/c6-4-2-1-3-5-7;1-2-3-4;1-2/h4-5H,1-3H2;2-3H,1H2;1H2. The van der Waals surface area contributed by atoms with E-state index < -0.39 is 0 Å². The first-order chi connectivity index (χ1) is 6.33. The predicted octanol–water partition coefficient (Wildman–Crippen LogP) is 0.741. The Hall–Kier alpha value is -1.58. The van der Waals surface area contributed by atoms with Gasteiger partial charge >= 0.3 is 0 Å². The molecule has 74 valence electrons. The van der Waals surface area contributed by atoms with E-state index in [1.807, 2.05) is 6.79 Å². The highest BCUT2D eigenvalue weighted by atomic mass is 16.1. The molecule has 0 heterocycles. The molecule has 0 aromatic rings. The number of aldehydes is 3. The molecule has 0 bridgehead atoms. The topological polar surface area (TPSA) is 68.3 Å². The van der Waals surface area contributed by atoms with Crippen LogP contribution in [0.25, 0.3) is 0 Å². The van der Waals surface area contributed by atoms with Crippen molar-refractivity contribution in [1.82, 2.24) is 0 Å². The van der Waals surface area contributed by atoms with Gasteiger partial charge in [0.1, 0.15) is 25.6 Å². The molecular weight excluding hydrogens is 172 g/mol. The van der Waals surface area contributed by atoms with E-state index in [1.165, 1.54) is 6.08 Å². The molecular formula is C9H14O4. The second-order valence-corrected chi connectivity index (χ2v) is 1.64. The van der Waals surface area contributed by atoms with Crippen LogP contribution in [0.5, 0.6) is 0 Å². The Balaban J connectivity index is -0.000000142. The Bertz CT molecular complexity index is 118. The molecule has 0 aliphatic carbocycles. The molecule has 4 nitrogen and oxygen atoms in total. The summed E-state index contributed by atoms with van der Waals surface area (Å²) < 4.78 is 0. The normalized spacial score (nSPS) is 6.15. The fraction of sp³-hybridized carbons (Fsp3) is 0.333. The quantitative estimate of drug-likeness (QED) is 0.361. The third-order valence-corrected chi connectivity index (χ3v) is 0.740. The summed E-state index contributed by atoms with van der Waals surface area (Å²) in [5.74, 6) is 0. The van der Waals surface area contributed by atoms with Gasteiger partial charge in [0, 0.05) is 12.8 Å². The number of hydrogen-bond acceptors (Lipinski definition) is 4. The van der Waals surface area contributed by atoms with E-state index in [1.54, 1.807) is 0 Å². The second kappa shape index (κ2) is 31.5. The molecule has 0 amide bonds. The number of carbonyl (C=O) groups excluding carboxylic acids is 4. The maximum atomic E-state index is 9.56. The van der Waals surface area contributed by atoms with Crippen LogP contribution in [-0.2, 0) is 19.2 Å². The van der Waals surface area contributed by atoms with E-state index in [9.17, 15) is 9.59 Å². The first-order valence-electron chi connectivity index (χ1n) is 3.55. The van der Waals surface area contributed by atoms with Crippen LogP contribution < -0.4 is 0 Å². The Kier molecular flexibility index (Phi) is 42.3. The number of unbranched alkanes of at least 4 members (excludes halogenated alkanes) is 2. The van der Waals surface area contributed by atoms with Gasteiger partial charge in [-0.3, -0.25) is 4.79 Å². The van der Waals surface area contributed by atoms with Gasteiger partial charge in [-0.05, 0) is 12.5 Å². The Labute approximate surface area is 77.6 Å². The van der Waals surface area contributed by atoms with Gasteiger partial charge in [-0.25, -0.2) is 0 Å². The van der Waals surface area contributed by atoms with Crippen LogP contribution in [-0.4, -0.2) is 25.6 Å². The van der Waals surface area contributed by atoms with Gasteiger partial charge in [0.25, 0.3) is 0 Å². The van der Waals surface area contributed by atoms with Crippen LogP contribution >= 0.6 is 0 Å². The highest BCUT2D eigenvalue weighted by Crippen LogP contribution is 1.85.